The van der Waals surface area contributed by atoms with Crippen LogP contribution in [-0.2, 0) is 9.59 Å². The zero-order valence-electron chi connectivity index (χ0n) is 10.8. The molecule has 0 bridgehead atoms. The van der Waals surface area contributed by atoms with Gasteiger partial charge in [-0.2, -0.15) is 0 Å². The van der Waals surface area contributed by atoms with Crippen molar-refractivity contribution in [1.82, 2.24) is 4.90 Å². The van der Waals surface area contributed by atoms with Crippen LogP contribution in [0.3, 0.4) is 0 Å². The predicted molar refractivity (Wildman–Crippen MR) is 70.0 cm³/mol. The summed E-state index contributed by atoms with van der Waals surface area (Å²) in [6.07, 6.45) is 6.59. The Morgan fingerprint density at radius 1 is 1.56 bits per heavy atom. The third-order valence-electron chi connectivity index (χ3n) is 2.65. The second kappa shape index (κ2) is 6.65. The van der Waals surface area contributed by atoms with Gasteiger partial charge >= 0.3 is 0 Å². The van der Waals surface area contributed by atoms with Crippen molar-refractivity contribution in [1.29, 1.82) is 0 Å². The molecule has 0 aromatic carbocycles. The molecule has 1 atom stereocenters. The summed E-state index contributed by atoms with van der Waals surface area (Å²) in [5, 5.41) is 0. The summed E-state index contributed by atoms with van der Waals surface area (Å²) in [6.45, 7) is 3.78. The minimum atomic E-state index is -0.583. The van der Waals surface area contributed by atoms with Gasteiger partial charge in [-0.3, -0.25) is 9.59 Å². The van der Waals surface area contributed by atoms with Crippen LogP contribution < -0.4 is 5.73 Å². The molecule has 1 aliphatic heterocycles. The van der Waals surface area contributed by atoms with Gasteiger partial charge in [0.05, 0.1) is 6.42 Å². The normalized spacial score (nSPS) is 16.4. The van der Waals surface area contributed by atoms with Crippen LogP contribution in [0.15, 0.2) is 23.9 Å². The Labute approximate surface area is 108 Å². The second-order valence-corrected chi connectivity index (χ2v) is 3.99. The molecule has 1 unspecified atom stereocenters. The van der Waals surface area contributed by atoms with E-state index in [1.165, 1.54) is 4.90 Å². The maximum Gasteiger partial charge on any atom is 0.240 e. The maximum absolute atomic E-state index is 12.1. The molecule has 4 heteroatoms. The fourth-order valence-electron chi connectivity index (χ4n) is 1.75. The van der Waals surface area contributed by atoms with Crippen molar-refractivity contribution in [2.24, 2.45) is 5.73 Å². The number of amides is 2. The minimum absolute atomic E-state index is 0.147. The van der Waals surface area contributed by atoms with Crippen LogP contribution in [0.25, 0.3) is 0 Å². The molecule has 0 fully saturated rings. The van der Waals surface area contributed by atoms with E-state index in [1.807, 2.05) is 13.8 Å². The third kappa shape index (κ3) is 3.49. The lowest BCUT2D eigenvalue weighted by Crippen LogP contribution is -2.44. The maximum atomic E-state index is 12.1. The third-order valence-corrected chi connectivity index (χ3v) is 2.65. The molecule has 1 rings (SSSR count). The van der Waals surface area contributed by atoms with Crippen LogP contribution in [-0.4, -0.2) is 22.8 Å². The summed E-state index contributed by atoms with van der Waals surface area (Å²) < 4.78 is 0. The smallest absolute Gasteiger partial charge is 0.240 e. The van der Waals surface area contributed by atoms with E-state index in [0.717, 1.165) is 12.0 Å². The number of primary amides is 1. The van der Waals surface area contributed by atoms with Crippen LogP contribution in [0, 0.1) is 11.8 Å². The van der Waals surface area contributed by atoms with E-state index >= 15 is 0 Å². The first-order valence-electron chi connectivity index (χ1n) is 6.06. The first kappa shape index (κ1) is 14.0. The van der Waals surface area contributed by atoms with Gasteiger partial charge in [0.15, 0.2) is 0 Å². The molecule has 4 nitrogen and oxygen atoms in total. The molecule has 0 saturated heterocycles. The molecule has 0 radical (unpaired) electrons. The zero-order valence-corrected chi connectivity index (χ0v) is 10.8. The minimum Gasteiger partial charge on any atom is -0.368 e. The number of carbonyl (C=O) groups is 2. The highest BCUT2D eigenvalue weighted by Crippen LogP contribution is 2.14. The molecule has 96 valence electrons. The van der Waals surface area contributed by atoms with Gasteiger partial charge in [-0.15, -0.1) is 0 Å². The molecule has 0 saturated carbocycles. The lowest BCUT2D eigenvalue weighted by atomic mass is 10.1. The molecule has 0 spiro atoms. The van der Waals surface area contributed by atoms with Crippen molar-refractivity contribution in [2.75, 3.05) is 0 Å². The SMILES string of the molecule is CCC#CC1=CC=CN(C(CC)C(N)=O)C(=O)C1. The average Bonchev–Trinajstić information content (AvgIpc) is 2.50. The lowest BCUT2D eigenvalue weighted by Gasteiger charge is -2.24. The van der Waals surface area contributed by atoms with Gasteiger partial charge in [0, 0.05) is 18.2 Å². The number of hydrogen-bond acceptors (Lipinski definition) is 2. The summed E-state index contributed by atoms with van der Waals surface area (Å²) in [7, 11) is 0. The van der Waals surface area contributed by atoms with Crippen molar-refractivity contribution < 1.29 is 9.59 Å². The molecule has 2 N–H and O–H groups in total. The topological polar surface area (TPSA) is 63.4 Å². The molecule has 0 aromatic rings. The fourth-order valence-corrected chi connectivity index (χ4v) is 1.75. The molecular formula is C14H18N2O2. The van der Waals surface area contributed by atoms with Gasteiger partial charge < -0.3 is 10.6 Å². The standard InChI is InChI=1S/C14H18N2O2/c1-3-5-7-11-8-6-9-16(13(17)10-11)12(4-2)14(15)18/h6,8-9,12H,3-4,10H2,1-2H3,(H2,15,18). The fraction of sp³-hybridized carbons (Fsp3) is 0.429. The van der Waals surface area contributed by atoms with Crippen molar-refractivity contribution in [3.8, 4) is 11.8 Å². The monoisotopic (exact) mass is 246 g/mol. The molecule has 0 aromatic heterocycles. The van der Waals surface area contributed by atoms with Gasteiger partial charge in [0.2, 0.25) is 11.8 Å². The van der Waals surface area contributed by atoms with Gasteiger partial charge in [0.1, 0.15) is 6.04 Å². The van der Waals surface area contributed by atoms with Crippen molar-refractivity contribution >= 4 is 11.8 Å². The first-order chi connectivity index (χ1) is 8.60. The van der Waals surface area contributed by atoms with Crippen LogP contribution in [0.2, 0.25) is 0 Å². The summed E-state index contributed by atoms with van der Waals surface area (Å²) in [5.41, 5.74) is 6.06. The molecule has 18 heavy (non-hydrogen) atoms. The highest BCUT2D eigenvalue weighted by molar-refractivity contribution is 5.89. The molecule has 1 aliphatic rings. The number of allylic oxidation sites excluding steroid dienone is 2. The van der Waals surface area contributed by atoms with Crippen LogP contribution in [0.1, 0.15) is 33.1 Å². The van der Waals surface area contributed by atoms with Gasteiger partial charge in [0.25, 0.3) is 0 Å². The number of nitrogens with two attached hydrogens (primary N) is 1. The second-order valence-electron chi connectivity index (χ2n) is 3.99. The Bertz CT molecular complexity index is 452. The van der Waals surface area contributed by atoms with E-state index in [1.54, 1.807) is 18.4 Å². The summed E-state index contributed by atoms with van der Waals surface area (Å²) >= 11 is 0. The summed E-state index contributed by atoms with van der Waals surface area (Å²) in [6, 6.07) is -0.583. The lowest BCUT2D eigenvalue weighted by molar-refractivity contribution is -0.135. The number of rotatable bonds is 3. The van der Waals surface area contributed by atoms with Crippen LogP contribution in [0.5, 0.6) is 0 Å². The quantitative estimate of drug-likeness (QED) is 0.764. The van der Waals surface area contributed by atoms with E-state index in [-0.39, 0.29) is 12.3 Å². The Hall–Kier alpha value is -2.02. The Morgan fingerprint density at radius 3 is 2.83 bits per heavy atom. The molecule has 0 aliphatic carbocycles. The zero-order chi connectivity index (χ0) is 13.5. The first-order valence-corrected chi connectivity index (χ1v) is 6.06. The van der Waals surface area contributed by atoms with E-state index in [4.69, 9.17) is 5.73 Å². The van der Waals surface area contributed by atoms with Crippen molar-refractivity contribution in [3.63, 3.8) is 0 Å². The largest absolute Gasteiger partial charge is 0.368 e. The molecule has 2 amide bonds. The number of hydrogen-bond donors (Lipinski definition) is 1. The van der Waals surface area contributed by atoms with Crippen LogP contribution in [0.4, 0.5) is 0 Å². The summed E-state index contributed by atoms with van der Waals surface area (Å²) in [5.74, 6) is 5.24. The molecule has 1 heterocycles. The summed E-state index contributed by atoms with van der Waals surface area (Å²) in [4.78, 5) is 24.7. The molecular weight excluding hydrogens is 228 g/mol. The number of nitrogens with zero attached hydrogens (tertiary/aromatic N) is 1. The van der Waals surface area contributed by atoms with E-state index < -0.39 is 11.9 Å². The van der Waals surface area contributed by atoms with Crippen LogP contribution >= 0.6 is 0 Å². The van der Waals surface area contributed by atoms with E-state index in [2.05, 4.69) is 11.8 Å². The van der Waals surface area contributed by atoms with E-state index in [9.17, 15) is 9.59 Å². The highest BCUT2D eigenvalue weighted by atomic mass is 16.2. The Kier molecular flexibility index (Phi) is 5.19. The van der Waals surface area contributed by atoms with Gasteiger partial charge in [-0.25, -0.2) is 0 Å². The van der Waals surface area contributed by atoms with Crippen molar-refractivity contribution in [3.05, 3.63) is 23.9 Å². The van der Waals surface area contributed by atoms with Gasteiger partial charge in [-0.05, 0) is 18.6 Å². The average molecular weight is 246 g/mol. The number of carbonyl (C=O) groups excluding carboxylic acids is 2. The Balaban J connectivity index is 2.86. The van der Waals surface area contributed by atoms with Crippen molar-refractivity contribution in [2.45, 2.75) is 39.2 Å². The predicted octanol–water partition coefficient (Wildman–Crippen LogP) is 1.34. The Morgan fingerprint density at radius 2 is 2.28 bits per heavy atom. The highest BCUT2D eigenvalue weighted by Gasteiger charge is 2.25. The van der Waals surface area contributed by atoms with Gasteiger partial charge in [-0.1, -0.05) is 25.7 Å². The van der Waals surface area contributed by atoms with E-state index in [0.29, 0.717) is 6.42 Å².